The number of hydrogen-bond donors (Lipinski definition) is 4. The van der Waals surface area contributed by atoms with E-state index in [-0.39, 0.29) is 4.70 Å². The predicted octanol–water partition coefficient (Wildman–Crippen LogP) is -2.46. The molecule has 0 aromatic carbocycles. The van der Waals surface area contributed by atoms with Gasteiger partial charge >= 0.3 is 9.05 Å². The lowest BCUT2D eigenvalue weighted by Gasteiger charge is -1.91. The minimum atomic E-state index is -4.61. The Balaban J connectivity index is 0. The van der Waals surface area contributed by atoms with Gasteiger partial charge in [0.25, 0.3) is 0 Å². The first-order chi connectivity index (χ1) is 2.00. The molecular weight excluding hydrogens is 111 g/mol. The first kappa shape index (κ1) is 9.37. The van der Waals surface area contributed by atoms with Crippen molar-refractivity contribution in [1.82, 2.24) is 0 Å². The van der Waals surface area contributed by atoms with Crippen molar-refractivity contribution >= 4 is 9.05 Å². The molecule has 6 heteroatoms. The predicted molar refractivity (Wildman–Crippen MR) is 17.1 cm³/mol. The monoisotopic (exact) mass is 116 g/mol. The Kier molecular flexibility index (Phi) is 3.45. The number of hydrogen-bond acceptors (Lipinski definition) is 4. The van der Waals surface area contributed by atoms with Crippen LogP contribution in [0, 0.1) is 0 Å². The van der Waals surface area contributed by atoms with Crippen LogP contribution in [-0.4, -0.2) is 28.2 Å². The van der Waals surface area contributed by atoms with Crippen molar-refractivity contribution in [2.45, 2.75) is 0 Å². The third-order valence-electron chi connectivity index (χ3n) is 0. The van der Waals surface area contributed by atoms with E-state index in [0.717, 1.165) is 0 Å². The maximum absolute atomic E-state index is 7.33. The highest BCUT2D eigenvalue weighted by atomic mass is 28.4. The highest BCUT2D eigenvalue weighted by Gasteiger charge is 2.22. The summed E-state index contributed by atoms with van der Waals surface area (Å²) >= 11 is 0. The Hall–Kier alpha value is -0.0131. The molecule has 0 bridgehead atoms. The molecule has 0 heterocycles. The van der Waals surface area contributed by atoms with Crippen LogP contribution in [-0.2, 0) is 0 Å². The topological polar surface area (TPSA) is 80.9 Å². The fraction of sp³-hybridized carbons (Fsp3) is 0. The fourth-order valence-electron chi connectivity index (χ4n) is 0. The van der Waals surface area contributed by atoms with Crippen LogP contribution in [0.3, 0.4) is 0 Å². The van der Waals surface area contributed by atoms with Gasteiger partial charge in [-0.2, -0.15) is 0 Å². The third kappa shape index (κ3) is 207000. The molecule has 0 aliphatic rings. The zero-order valence-corrected chi connectivity index (χ0v) is 3.70. The average molecular weight is 116 g/mol. The maximum Gasteiger partial charge on any atom is 0.668 e. The van der Waals surface area contributed by atoms with Crippen molar-refractivity contribution in [1.29, 1.82) is 0 Å². The summed E-state index contributed by atoms with van der Waals surface area (Å²) in [5.74, 6) is 0. The molecule has 0 radical (unpaired) electrons. The van der Waals surface area contributed by atoms with Gasteiger partial charge in [-0.15, -0.1) is 0 Å². The van der Waals surface area contributed by atoms with Gasteiger partial charge < -0.3 is 19.2 Å². The molecular formula is H5FO4Si. The summed E-state index contributed by atoms with van der Waals surface area (Å²) < 4.78 is 0. The van der Waals surface area contributed by atoms with Gasteiger partial charge in [0.15, 0.2) is 0 Å². The summed E-state index contributed by atoms with van der Waals surface area (Å²) in [5.41, 5.74) is 0. The molecule has 0 saturated carbocycles. The Morgan fingerprint density at radius 3 is 0.833 bits per heavy atom. The molecule has 0 aromatic heterocycles. The minimum Gasteiger partial charge on any atom is -0.368 e. The van der Waals surface area contributed by atoms with Gasteiger partial charge in [0, 0.05) is 0 Å². The normalized spacial score (nSPS) is 10.0. The van der Waals surface area contributed by atoms with Gasteiger partial charge in [-0.3, -0.25) is 4.70 Å². The lowest BCUT2D eigenvalue weighted by molar-refractivity contribution is 0.117. The molecule has 0 spiro atoms. The molecule has 0 amide bonds. The Labute approximate surface area is 34.2 Å². The standard InChI is InChI=1S/FH.H4O4Si/c;1-5(2,3)4/h1H;1-4H. The van der Waals surface area contributed by atoms with Crippen LogP contribution in [0.4, 0.5) is 4.70 Å². The largest absolute Gasteiger partial charge is 0.668 e. The van der Waals surface area contributed by atoms with Crippen LogP contribution >= 0.6 is 0 Å². The van der Waals surface area contributed by atoms with Crippen molar-refractivity contribution in [3.63, 3.8) is 0 Å². The van der Waals surface area contributed by atoms with Crippen molar-refractivity contribution in [2.75, 3.05) is 0 Å². The van der Waals surface area contributed by atoms with Gasteiger partial charge in [-0.25, -0.2) is 0 Å². The zero-order valence-electron chi connectivity index (χ0n) is 2.70. The van der Waals surface area contributed by atoms with Crippen LogP contribution < -0.4 is 0 Å². The second-order valence-electron chi connectivity index (χ2n) is 0.600. The quantitative estimate of drug-likeness (QED) is 0.265. The van der Waals surface area contributed by atoms with Crippen molar-refractivity contribution in [2.24, 2.45) is 0 Å². The number of rotatable bonds is 0. The van der Waals surface area contributed by atoms with E-state index in [0.29, 0.717) is 0 Å². The second kappa shape index (κ2) is 2.21. The fourth-order valence-corrected chi connectivity index (χ4v) is 0. The summed E-state index contributed by atoms with van der Waals surface area (Å²) in [4.78, 5) is 29.3. The van der Waals surface area contributed by atoms with E-state index in [1.807, 2.05) is 0 Å². The minimum absolute atomic E-state index is 0. The highest BCUT2D eigenvalue weighted by Crippen LogP contribution is 1.67. The van der Waals surface area contributed by atoms with Crippen molar-refractivity contribution in [3.8, 4) is 0 Å². The van der Waals surface area contributed by atoms with Gasteiger partial charge in [0.1, 0.15) is 0 Å². The van der Waals surface area contributed by atoms with Crippen LogP contribution in [0.2, 0.25) is 0 Å². The van der Waals surface area contributed by atoms with Gasteiger partial charge in [0.2, 0.25) is 0 Å². The first-order valence-corrected chi connectivity index (χ1v) is 2.68. The molecule has 0 saturated heterocycles. The second-order valence-corrected chi connectivity index (χ2v) is 1.80. The molecule has 0 aliphatic carbocycles. The summed E-state index contributed by atoms with van der Waals surface area (Å²) in [5, 5.41) is 0. The summed E-state index contributed by atoms with van der Waals surface area (Å²) in [6.07, 6.45) is 0. The lowest BCUT2D eigenvalue weighted by Crippen LogP contribution is -2.33. The van der Waals surface area contributed by atoms with E-state index in [4.69, 9.17) is 19.2 Å². The molecule has 0 aromatic rings. The SMILES string of the molecule is F.O[Si](O)(O)O. The third-order valence-corrected chi connectivity index (χ3v) is 0. The highest BCUT2D eigenvalue weighted by molar-refractivity contribution is 6.46. The van der Waals surface area contributed by atoms with E-state index >= 15 is 0 Å². The van der Waals surface area contributed by atoms with Crippen LogP contribution in [0.5, 0.6) is 0 Å². The molecule has 0 rings (SSSR count). The molecule has 4 N–H and O–H groups in total. The summed E-state index contributed by atoms with van der Waals surface area (Å²) in [6.45, 7) is 0. The van der Waals surface area contributed by atoms with Gasteiger partial charge in [0.05, 0.1) is 0 Å². The van der Waals surface area contributed by atoms with Gasteiger partial charge in [-0.1, -0.05) is 0 Å². The van der Waals surface area contributed by atoms with E-state index in [2.05, 4.69) is 0 Å². The molecule has 4 nitrogen and oxygen atoms in total. The molecule has 0 aliphatic heterocycles. The van der Waals surface area contributed by atoms with Crippen LogP contribution in [0.25, 0.3) is 0 Å². The van der Waals surface area contributed by atoms with Crippen molar-refractivity contribution < 1.29 is 23.9 Å². The maximum atomic E-state index is 7.33. The molecule has 0 fully saturated rings. The number of halogens is 1. The molecule has 0 unspecified atom stereocenters. The van der Waals surface area contributed by atoms with E-state index in [9.17, 15) is 0 Å². The van der Waals surface area contributed by atoms with Crippen molar-refractivity contribution in [3.05, 3.63) is 0 Å². The summed E-state index contributed by atoms with van der Waals surface area (Å²) in [7, 11) is -4.61. The van der Waals surface area contributed by atoms with Crippen LogP contribution in [0.15, 0.2) is 0 Å². The van der Waals surface area contributed by atoms with Gasteiger partial charge in [-0.05, 0) is 0 Å². The molecule has 0 atom stereocenters. The molecule has 40 valence electrons. The van der Waals surface area contributed by atoms with E-state index in [1.165, 1.54) is 0 Å². The Bertz CT molecular complexity index is 23.0. The van der Waals surface area contributed by atoms with E-state index in [1.54, 1.807) is 0 Å². The Morgan fingerprint density at radius 2 is 0.833 bits per heavy atom. The average Bonchev–Trinajstić information content (AvgIpc) is 0.722. The van der Waals surface area contributed by atoms with E-state index < -0.39 is 9.05 Å². The Morgan fingerprint density at radius 1 is 0.833 bits per heavy atom. The first-order valence-electron chi connectivity index (χ1n) is 0.894. The lowest BCUT2D eigenvalue weighted by atomic mass is 15.7. The zero-order chi connectivity index (χ0) is 4.50. The molecule has 6 heavy (non-hydrogen) atoms. The van der Waals surface area contributed by atoms with Crippen LogP contribution in [0.1, 0.15) is 0 Å². The smallest absolute Gasteiger partial charge is 0.368 e. The summed E-state index contributed by atoms with van der Waals surface area (Å²) in [6, 6.07) is 0.